The van der Waals surface area contributed by atoms with Crippen LogP contribution in [0.2, 0.25) is 0 Å². The van der Waals surface area contributed by atoms with Crippen LogP contribution in [-0.2, 0) is 0 Å². The largest absolute Gasteiger partial charge is 0.452 e. The van der Waals surface area contributed by atoms with Gasteiger partial charge in [0.2, 0.25) is 5.95 Å². The molecule has 0 spiro atoms. The van der Waals surface area contributed by atoms with Crippen LogP contribution < -0.4 is 0 Å². The lowest BCUT2D eigenvalue weighted by Gasteiger charge is -2.20. The molecule has 4 aromatic heterocycles. The summed E-state index contributed by atoms with van der Waals surface area (Å²) in [5, 5.41) is 4.60. The van der Waals surface area contributed by atoms with Gasteiger partial charge in [-0.2, -0.15) is 0 Å². The molecule has 0 radical (unpaired) electrons. The summed E-state index contributed by atoms with van der Waals surface area (Å²) in [6.07, 6.45) is 0. The third-order valence-electron chi connectivity index (χ3n) is 8.33. The fourth-order valence-electron chi connectivity index (χ4n) is 6.60. The predicted octanol–water partition coefficient (Wildman–Crippen LogP) is 9.55. The van der Waals surface area contributed by atoms with Gasteiger partial charge in [0, 0.05) is 36.9 Å². The van der Waals surface area contributed by atoms with Crippen LogP contribution in [0.4, 0.5) is 0 Å². The first kappa shape index (κ1) is 22.4. The Balaban J connectivity index is 1.43. The molecule has 0 bridgehead atoms. The van der Waals surface area contributed by atoms with E-state index < -0.39 is 0 Å². The molecule has 1 aliphatic heterocycles. The smallest absolute Gasteiger partial charge is 0.237 e. The Morgan fingerprint density at radius 1 is 0.595 bits per heavy atom. The maximum Gasteiger partial charge on any atom is 0.237 e. The van der Waals surface area contributed by atoms with Crippen molar-refractivity contribution in [2.24, 2.45) is 0 Å². The number of hydrogen-bond donors (Lipinski definition) is 0. The number of para-hydroxylation sites is 4. The van der Waals surface area contributed by atoms with Gasteiger partial charge in [-0.15, -0.1) is 0 Å². The summed E-state index contributed by atoms with van der Waals surface area (Å²) in [5.41, 5.74) is 8.62. The monoisotopic (exact) mass is 556 g/mol. The number of aromatic nitrogens is 4. The third-order valence-corrected chi connectivity index (χ3v) is 9.45. The quantitative estimate of drug-likeness (QED) is 0.213. The van der Waals surface area contributed by atoms with Crippen molar-refractivity contribution < 1.29 is 4.42 Å². The summed E-state index contributed by atoms with van der Waals surface area (Å²) in [5.74, 6) is 0.621. The summed E-state index contributed by atoms with van der Waals surface area (Å²) in [4.78, 5) is 13.0. The topological polar surface area (TPSA) is 48.8 Å². The molecule has 9 aromatic rings. The standard InChI is InChI=1S/C36H20N4OS/c1-2-11-21(12-3-1)31-34-32(23-14-5-8-18-27(23)41-34)38-36(37-31)40-25-16-6-4-13-22(25)30-24-15-10-20-29-33(24)39(35(30)40)26-17-7-9-19-28(26)42-29/h1-20H. The van der Waals surface area contributed by atoms with Gasteiger partial charge in [0.15, 0.2) is 5.58 Å². The Morgan fingerprint density at radius 2 is 1.33 bits per heavy atom. The molecule has 10 rings (SSSR count). The molecule has 0 atom stereocenters. The van der Waals surface area contributed by atoms with Crippen molar-refractivity contribution in [1.82, 2.24) is 19.1 Å². The van der Waals surface area contributed by atoms with Gasteiger partial charge in [0.05, 0.1) is 16.7 Å². The van der Waals surface area contributed by atoms with Crippen molar-refractivity contribution in [1.29, 1.82) is 0 Å². The van der Waals surface area contributed by atoms with Gasteiger partial charge >= 0.3 is 0 Å². The highest BCUT2D eigenvalue weighted by Crippen LogP contribution is 2.49. The van der Waals surface area contributed by atoms with Gasteiger partial charge in [-0.3, -0.25) is 9.13 Å². The molecule has 0 fully saturated rings. The molecular formula is C36H20N4OS. The zero-order chi connectivity index (χ0) is 27.4. The van der Waals surface area contributed by atoms with Gasteiger partial charge in [-0.25, -0.2) is 9.97 Å². The highest BCUT2D eigenvalue weighted by atomic mass is 32.2. The second kappa shape index (κ2) is 8.12. The minimum Gasteiger partial charge on any atom is -0.452 e. The normalized spacial score (nSPS) is 12.7. The molecule has 5 aromatic carbocycles. The Labute approximate surface area is 243 Å². The molecule has 6 heteroatoms. The fourth-order valence-corrected chi connectivity index (χ4v) is 7.69. The first-order valence-corrected chi connectivity index (χ1v) is 14.8. The second-order valence-corrected chi connectivity index (χ2v) is 11.7. The number of fused-ring (bicyclic) bond motifs is 10. The molecular weight excluding hydrogens is 536 g/mol. The number of benzene rings is 5. The van der Waals surface area contributed by atoms with Crippen LogP contribution in [-0.4, -0.2) is 19.1 Å². The zero-order valence-electron chi connectivity index (χ0n) is 22.2. The molecule has 42 heavy (non-hydrogen) atoms. The summed E-state index contributed by atoms with van der Waals surface area (Å²) >= 11 is 1.83. The van der Waals surface area contributed by atoms with E-state index in [0.717, 1.165) is 38.9 Å². The summed E-state index contributed by atoms with van der Waals surface area (Å²) in [7, 11) is 0. The summed E-state index contributed by atoms with van der Waals surface area (Å²) in [6.45, 7) is 0. The highest BCUT2D eigenvalue weighted by Gasteiger charge is 2.29. The average Bonchev–Trinajstić information content (AvgIpc) is 3.70. The van der Waals surface area contributed by atoms with Crippen molar-refractivity contribution >= 4 is 66.7 Å². The molecule has 5 nitrogen and oxygen atoms in total. The van der Waals surface area contributed by atoms with Crippen molar-refractivity contribution in [3.8, 4) is 22.9 Å². The Hall–Kier alpha value is -5.33. The van der Waals surface area contributed by atoms with E-state index in [-0.39, 0.29) is 0 Å². The van der Waals surface area contributed by atoms with E-state index in [1.807, 2.05) is 48.2 Å². The van der Waals surface area contributed by atoms with Gasteiger partial charge in [0.25, 0.3) is 0 Å². The summed E-state index contributed by atoms with van der Waals surface area (Å²) in [6, 6.07) is 42.2. The number of nitrogens with zero attached hydrogens (tertiary/aromatic N) is 4. The van der Waals surface area contributed by atoms with Gasteiger partial charge < -0.3 is 4.42 Å². The second-order valence-electron chi connectivity index (χ2n) is 10.6. The van der Waals surface area contributed by atoms with Crippen molar-refractivity contribution in [3.63, 3.8) is 0 Å². The molecule has 1 aliphatic rings. The average molecular weight is 557 g/mol. The predicted molar refractivity (Wildman–Crippen MR) is 170 cm³/mol. The molecule has 0 unspecified atom stereocenters. The number of furan rings is 1. The van der Waals surface area contributed by atoms with E-state index in [9.17, 15) is 0 Å². The Morgan fingerprint density at radius 3 is 2.26 bits per heavy atom. The number of hydrogen-bond acceptors (Lipinski definition) is 4. The van der Waals surface area contributed by atoms with E-state index in [2.05, 4.69) is 94.1 Å². The molecule has 0 saturated carbocycles. The zero-order valence-corrected chi connectivity index (χ0v) is 23.0. The Bertz CT molecular complexity index is 2560. The molecule has 196 valence electrons. The maximum atomic E-state index is 6.41. The van der Waals surface area contributed by atoms with E-state index in [0.29, 0.717) is 11.5 Å². The van der Waals surface area contributed by atoms with Crippen LogP contribution in [0.3, 0.4) is 0 Å². The van der Waals surface area contributed by atoms with Crippen LogP contribution in [0, 0.1) is 0 Å². The minimum atomic E-state index is 0.621. The fraction of sp³-hybridized carbons (Fsp3) is 0. The first-order chi connectivity index (χ1) is 20.8. The first-order valence-electron chi connectivity index (χ1n) is 13.9. The highest BCUT2D eigenvalue weighted by molar-refractivity contribution is 7.99. The van der Waals surface area contributed by atoms with Crippen LogP contribution in [0.25, 0.3) is 77.8 Å². The van der Waals surface area contributed by atoms with Crippen LogP contribution in [0.1, 0.15) is 0 Å². The van der Waals surface area contributed by atoms with E-state index in [1.54, 1.807) is 0 Å². The van der Waals surface area contributed by atoms with Crippen molar-refractivity contribution in [2.75, 3.05) is 0 Å². The molecule has 0 aliphatic carbocycles. The van der Waals surface area contributed by atoms with E-state index >= 15 is 0 Å². The molecule has 5 heterocycles. The lowest BCUT2D eigenvalue weighted by atomic mass is 10.1. The van der Waals surface area contributed by atoms with Gasteiger partial charge in [0.1, 0.15) is 22.4 Å². The van der Waals surface area contributed by atoms with Crippen LogP contribution >= 0.6 is 11.8 Å². The van der Waals surface area contributed by atoms with Gasteiger partial charge in [-0.1, -0.05) is 96.7 Å². The minimum absolute atomic E-state index is 0.621. The van der Waals surface area contributed by atoms with Crippen LogP contribution in [0.5, 0.6) is 0 Å². The lowest BCUT2D eigenvalue weighted by Crippen LogP contribution is -2.08. The van der Waals surface area contributed by atoms with Crippen molar-refractivity contribution in [2.45, 2.75) is 9.79 Å². The Kier molecular flexibility index (Phi) is 4.32. The van der Waals surface area contributed by atoms with Crippen LogP contribution in [0.15, 0.2) is 136 Å². The van der Waals surface area contributed by atoms with E-state index in [4.69, 9.17) is 14.4 Å². The SMILES string of the molecule is c1ccc(-c2nc(-n3c4ccccc4c4c5cccc6c5n(c43)-c3ccccc3S6)nc3c2oc2ccccc23)cc1. The third kappa shape index (κ3) is 2.84. The number of rotatable bonds is 2. The molecule has 0 amide bonds. The molecule has 0 saturated heterocycles. The lowest BCUT2D eigenvalue weighted by molar-refractivity contribution is 0.666. The van der Waals surface area contributed by atoms with Gasteiger partial charge in [-0.05, 0) is 36.4 Å². The van der Waals surface area contributed by atoms with Crippen molar-refractivity contribution in [3.05, 3.63) is 121 Å². The molecule has 0 N–H and O–H groups in total. The maximum absolute atomic E-state index is 6.41. The van der Waals surface area contributed by atoms with E-state index in [1.165, 1.54) is 37.2 Å². The summed E-state index contributed by atoms with van der Waals surface area (Å²) < 4.78 is 11.1.